The van der Waals surface area contributed by atoms with Gasteiger partial charge in [-0.2, -0.15) is 0 Å². The monoisotopic (exact) mass is 238 g/mol. The normalized spacial score (nSPS) is 10.3. The predicted molar refractivity (Wildman–Crippen MR) is 69.6 cm³/mol. The highest BCUT2D eigenvalue weighted by Crippen LogP contribution is 2.29. The van der Waals surface area contributed by atoms with E-state index in [1.165, 1.54) is 12.8 Å². The fraction of sp³-hybridized carbons (Fsp3) is 0.417. The zero-order valence-electron chi connectivity index (χ0n) is 9.53. The van der Waals surface area contributed by atoms with Crippen LogP contribution in [0.15, 0.2) is 23.1 Å². The highest BCUT2D eigenvalue weighted by molar-refractivity contribution is 7.99. The van der Waals surface area contributed by atoms with Crippen LogP contribution in [0.2, 0.25) is 0 Å². The number of rotatable bonds is 6. The van der Waals surface area contributed by atoms with Crippen molar-refractivity contribution in [1.82, 2.24) is 0 Å². The van der Waals surface area contributed by atoms with Crippen molar-refractivity contribution in [3.8, 4) is 0 Å². The summed E-state index contributed by atoms with van der Waals surface area (Å²) in [7, 11) is 0. The van der Waals surface area contributed by atoms with E-state index in [0.717, 1.165) is 17.1 Å². The van der Waals surface area contributed by atoms with Crippen molar-refractivity contribution in [2.45, 2.75) is 31.1 Å². The summed E-state index contributed by atoms with van der Waals surface area (Å²) in [4.78, 5) is 12.0. The van der Waals surface area contributed by atoms with Crippen LogP contribution in [-0.2, 0) is 0 Å². The number of primary amides is 1. The number of nitrogens with two attached hydrogens (primary N) is 2. The van der Waals surface area contributed by atoms with Crippen molar-refractivity contribution < 1.29 is 4.79 Å². The molecule has 0 aromatic heterocycles. The summed E-state index contributed by atoms with van der Waals surface area (Å²) in [6.45, 7) is 2.16. The molecule has 1 rings (SSSR count). The Morgan fingerprint density at radius 1 is 1.38 bits per heavy atom. The Kier molecular flexibility index (Phi) is 5.19. The number of anilines is 1. The zero-order valence-corrected chi connectivity index (χ0v) is 10.3. The van der Waals surface area contributed by atoms with Gasteiger partial charge in [0.2, 0.25) is 5.91 Å². The molecule has 0 aliphatic carbocycles. The third-order valence-corrected chi connectivity index (χ3v) is 3.54. The fourth-order valence-electron chi connectivity index (χ4n) is 1.44. The molecule has 4 N–H and O–H groups in total. The number of nitrogen functional groups attached to an aromatic ring is 1. The second-order valence-corrected chi connectivity index (χ2v) is 4.75. The molecular formula is C12H18N2OS. The smallest absolute Gasteiger partial charge is 0.249 e. The number of unbranched alkanes of at least 4 members (excludes halogenated alkanes) is 2. The molecule has 0 spiro atoms. The molecule has 1 amide bonds. The second kappa shape index (κ2) is 6.43. The molecule has 0 saturated carbocycles. The van der Waals surface area contributed by atoms with Crippen molar-refractivity contribution in [2.24, 2.45) is 5.73 Å². The van der Waals surface area contributed by atoms with Gasteiger partial charge in [-0.05, 0) is 24.3 Å². The molecule has 0 aliphatic heterocycles. The first-order valence-corrected chi connectivity index (χ1v) is 6.46. The van der Waals surface area contributed by atoms with E-state index >= 15 is 0 Å². The minimum absolute atomic E-state index is 0.412. The van der Waals surface area contributed by atoms with E-state index in [1.54, 1.807) is 30.0 Å². The topological polar surface area (TPSA) is 69.1 Å². The summed E-state index contributed by atoms with van der Waals surface area (Å²) in [5, 5.41) is 0. The van der Waals surface area contributed by atoms with E-state index in [2.05, 4.69) is 6.92 Å². The molecule has 0 fully saturated rings. The summed E-state index contributed by atoms with van der Waals surface area (Å²) in [5.74, 6) is 0.563. The lowest BCUT2D eigenvalue weighted by Gasteiger charge is -2.09. The third-order valence-electron chi connectivity index (χ3n) is 2.31. The first-order chi connectivity index (χ1) is 7.66. The van der Waals surface area contributed by atoms with Gasteiger partial charge in [0, 0.05) is 10.6 Å². The molecule has 0 bridgehead atoms. The van der Waals surface area contributed by atoms with Crippen LogP contribution < -0.4 is 11.5 Å². The highest BCUT2D eigenvalue weighted by atomic mass is 32.2. The van der Waals surface area contributed by atoms with Gasteiger partial charge in [-0.25, -0.2) is 0 Å². The number of hydrogen-bond donors (Lipinski definition) is 2. The predicted octanol–water partition coefficient (Wildman–Crippen LogP) is 2.65. The Morgan fingerprint density at radius 2 is 2.12 bits per heavy atom. The second-order valence-electron chi connectivity index (χ2n) is 3.64. The van der Waals surface area contributed by atoms with Crippen molar-refractivity contribution in [1.29, 1.82) is 0 Å². The zero-order chi connectivity index (χ0) is 12.0. The summed E-state index contributed by atoms with van der Waals surface area (Å²) in [6, 6.07) is 5.28. The molecule has 3 nitrogen and oxygen atoms in total. The molecule has 4 heteroatoms. The molecule has 16 heavy (non-hydrogen) atoms. The summed E-state index contributed by atoms with van der Waals surface area (Å²) in [5.41, 5.74) is 12.3. The van der Waals surface area contributed by atoms with E-state index in [9.17, 15) is 4.79 Å². The number of thioether (sulfide) groups is 1. The number of carbonyl (C=O) groups excluding carboxylic acids is 1. The Balaban J connectivity index is 2.73. The van der Waals surface area contributed by atoms with Gasteiger partial charge in [-0.15, -0.1) is 11.8 Å². The van der Waals surface area contributed by atoms with E-state index in [-0.39, 0.29) is 0 Å². The lowest BCUT2D eigenvalue weighted by molar-refractivity contribution is 0.0997. The van der Waals surface area contributed by atoms with Gasteiger partial charge >= 0.3 is 0 Å². The van der Waals surface area contributed by atoms with E-state index in [1.807, 2.05) is 0 Å². The average molecular weight is 238 g/mol. The van der Waals surface area contributed by atoms with Crippen LogP contribution >= 0.6 is 11.8 Å². The van der Waals surface area contributed by atoms with Crippen LogP contribution in [-0.4, -0.2) is 11.7 Å². The van der Waals surface area contributed by atoms with E-state index in [0.29, 0.717) is 11.3 Å². The number of benzene rings is 1. The molecular weight excluding hydrogens is 220 g/mol. The largest absolute Gasteiger partial charge is 0.398 e. The van der Waals surface area contributed by atoms with Crippen LogP contribution in [0.5, 0.6) is 0 Å². The third kappa shape index (κ3) is 3.45. The quantitative estimate of drug-likeness (QED) is 0.455. The lowest BCUT2D eigenvalue weighted by atomic mass is 10.2. The Labute approximate surface area is 101 Å². The fourth-order valence-corrected chi connectivity index (χ4v) is 2.55. The maximum atomic E-state index is 11.2. The first kappa shape index (κ1) is 12.9. The summed E-state index contributed by atoms with van der Waals surface area (Å²) in [6.07, 6.45) is 3.52. The molecule has 0 unspecified atom stereocenters. The molecule has 0 atom stereocenters. The SMILES string of the molecule is CCCCCSc1c(N)cccc1C(N)=O. The van der Waals surface area contributed by atoms with Crippen LogP contribution in [0.1, 0.15) is 36.5 Å². The van der Waals surface area contributed by atoms with E-state index < -0.39 is 5.91 Å². The summed E-state index contributed by atoms with van der Waals surface area (Å²) < 4.78 is 0. The van der Waals surface area contributed by atoms with Gasteiger partial charge in [0.15, 0.2) is 0 Å². The first-order valence-electron chi connectivity index (χ1n) is 5.48. The average Bonchev–Trinajstić information content (AvgIpc) is 2.25. The molecule has 88 valence electrons. The number of hydrogen-bond acceptors (Lipinski definition) is 3. The molecule has 1 aromatic rings. The number of amides is 1. The van der Waals surface area contributed by atoms with Gasteiger partial charge in [0.25, 0.3) is 0 Å². The van der Waals surface area contributed by atoms with Crippen LogP contribution in [0.4, 0.5) is 5.69 Å². The van der Waals surface area contributed by atoms with Crippen LogP contribution in [0.25, 0.3) is 0 Å². The minimum Gasteiger partial charge on any atom is -0.398 e. The van der Waals surface area contributed by atoms with Crippen molar-refractivity contribution in [3.05, 3.63) is 23.8 Å². The molecule has 0 heterocycles. The number of carbonyl (C=O) groups is 1. The maximum absolute atomic E-state index is 11.2. The Hall–Kier alpha value is -1.16. The van der Waals surface area contributed by atoms with Gasteiger partial charge in [0.05, 0.1) is 5.56 Å². The maximum Gasteiger partial charge on any atom is 0.249 e. The van der Waals surface area contributed by atoms with Gasteiger partial charge in [-0.1, -0.05) is 25.8 Å². The standard InChI is InChI=1S/C12H18N2OS/c1-2-3-4-8-16-11-9(12(14)15)6-5-7-10(11)13/h5-7H,2-4,8,13H2,1H3,(H2,14,15). The van der Waals surface area contributed by atoms with Crippen LogP contribution in [0, 0.1) is 0 Å². The van der Waals surface area contributed by atoms with Crippen molar-refractivity contribution in [3.63, 3.8) is 0 Å². The Bertz CT molecular complexity index is 366. The molecule has 0 aliphatic rings. The van der Waals surface area contributed by atoms with Crippen molar-refractivity contribution in [2.75, 3.05) is 11.5 Å². The lowest BCUT2D eigenvalue weighted by Crippen LogP contribution is -2.13. The molecule has 1 aromatic carbocycles. The van der Waals surface area contributed by atoms with Crippen LogP contribution in [0.3, 0.4) is 0 Å². The van der Waals surface area contributed by atoms with Crippen molar-refractivity contribution >= 4 is 23.4 Å². The Morgan fingerprint density at radius 3 is 2.75 bits per heavy atom. The molecule has 0 radical (unpaired) electrons. The van der Waals surface area contributed by atoms with Gasteiger partial charge in [-0.3, -0.25) is 4.79 Å². The summed E-state index contributed by atoms with van der Waals surface area (Å²) >= 11 is 1.62. The van der Waals surface area contributed by atoms with Gasteiger partial charge < -0.3 is 11.5 Å². The minimum atomic E-state index is -0.412. The molecule has 0 saturated heterocycles. The highest BCUT2D eigenvalue weighted by Gasteiger charge is 2.10. The van der Waals surface area contributed by atoms with Gasteiger partial charge in [0.1, 0.15) is 0 Å². The van der Waals surface area contributed by atoms with E-state index in [4.69, 9.17) is 11.5 Å².